The molecule has 2 saturated heterocycles. The van der Waals surface area contributed by atoms with E-state index >= 15 is 0 Å². The van der Waals surface area contributed by atoms with Crippen LogP contribution in [-0.2, 0) is 17.8 Å². The van der Waals surface area contributed by atoms with Gasteiger partial charge >= 0.3 is 6.03 Å². The summed E-state index contributed by atoms with van der Waals surface area (Å²) in [4.78, 5) is 36.7. The fourth-order valence-electron chi connectivity index (χ4n) is 8.50. The zero-order valence-corrected chi connectivity index (χ0v) is 22.4. The lowest BCUT2D eigenvalue weighted by atomic mass is 9.52. The molecule has 8 rings (SSSR count). The van der Waals surface area contributed by atoms with Crippen LogP contribution in [-0.4, -0.2) is 63.1 Å². The van der Waals surface area contributed by atoms with Gasteiger partial charge in [0.1, 0.15) is 0 Å². The second-order valence-electron chi connectivity index (χ2n) is 12.4. The SMILES string of the molecule is O=C1N(Cc2ccccn2)CCN1c1ccc(CC2CCN(C3C4CC5CC3CC(O)(C5)C4)C2=O)c(Cl)c1. The van der Waals surface area contributed by atoms with Gasteiger partial charge in [0.05, 0.1) is 17.8 Å². The number of benzene rings is 1. The van der Waals surface area contributed by atoms with E-state index in [4.69, 9.17) is 11.6 Å². The van der Waals surface area contributed by atoms with Gasteiger partial charge in [0, 0.05) is 48.5 Å². The Morgan fingerprint density at radius 3 is 2.55 bits per heavy atom. The normalized spacial score (nSPS) is 34.2. The zero-order valence-electron chi connectivity index (χ0n) is 21.6. The molecule has 4 bridgehead atoms. The molecule has 8 heteroatoms. The molecule has 6 aliphatic rings. The first kappa shape index (κ1) is 24.4. The van der Waals surface area contributed by atoms with E-state index in [9.17, 15) is 14.7 Å². The number of halogens is 1. The Bertz CT molecular complexity index is 1240. The third kappa shape index (κ3) is 4.19. The van der Waals surface area contributed by atoms with Crippen molar-refractivity contribution < 1.29 is 14.7 Å². The predicted molar refractivity (Wildman–Crippen MR) is 145 cm³/mol. The van der Waals surface area contributed by atoms with E-state index in [0.717, 1.165) is 49.2 Å². The molecule has 3 unspecified atom stereocenters. The lowest BCUT2D eigenvalue weighted by molar-refractivity contribution is -0.168. The number of hydrogen-bond acceptors (Lipinski definition) is 4. The van der Waals surface area contributed by atoms with Gasteiger partial charge in [-0.3, -0.25) is 14.7 Å². The van der Waals surface area contributed by atoms with Gasteiger partial charge in [0.2, 0.25) is 5.91 Å². The van der Waals surface area contributed by atoms with Crippen molar-refractivity contribution >= 4 is 29.2 Å². The lowest BCUT2D eigenvalue weighted by Gasteiger charge is -2.59. The first-order valence-electron chi connectivity index (χ1n) is 14.1. The number of rotatable bonds is 6. The Kier molecular flexibility index (Phi) is 5.93. The molecule has 2 aromatic rings. The highest BCUT2D eigenvalue weighted by atomic mass is 35.5. The fraction of sp³-hybridized carbons (Fsp3) is 0.567. The van der Waals surface area contributed by atoms with E-state index in [2.05, 4.69) is 9.88 Å². The molecule has 38 heavy (non-hydrogen) atoms. The van der Waals surface area contributed by atoms with Gasteiger partial charge in [-0.05, 0) is 92.5 Å². The van der Waals surface area contributed by atoms with Gasteiger partial charge in [-0.2, -0.15) is 0 Å². The van der Waals surface area contributed by atoms with Crippen LogP contribution in [0.15, 0.2) is 42.6 Å². The third-order valence-electron chi connectivity index (χ3n) is 9.89. The van der Waals surface area contributed by atoms with E-state index in [1.807, 2.05) is 36.4 Å². The monoisotopic (exact) mass is 534 g/mol. The summed E-state index contributed by atoms with van der Waals surface area (Å²) in [6.07, 6.45) is 8.24. The Morgan fingerprint density at radius 1 is 1.03 bits per heavy atom. The predicted octanol–water partition coefficient (Wildman–Crippen LogP) is 4.51. The van der Waals surface area contributed by atoms with Crippen LogP contribution in [0.4, 0.5) is 10.5 Å². The Balaban J connectivity index is 1.00. The second kappa shape index (κ2) is 9.23. The molecule has 1 N–H and O–H groups in total. The molecule has 200 valence electrons. The number of pyridine rings is 1. The van der Waals surface area contributed by atoms with Gasteiger partial charge in [-0.1, -0.05) is 23.7 Å². The van der Waals surface area contributed by atoms with Crippen LogP contribution in [0.3, 0.4) is 0 Å². The fourth-order valence-corrected chi connectivity index (χ4v) is 8.76. The molecule has 3 amide bonds. The molecule has 6 fully saturated rings. The van der Waals surface area contributed by atoms with E-state index in [0.29, 0.717) is 54.9 Å². The van der Waals surface area contributed by atoms with Gasteiger partial charge in [-0.25, -0.2) is 4.79 Å². The van der Waals surface area contributed by atoms with Crippen molar-refractivity contribution in [3.05, 3.63) is 58.9 Å². The molecular weight excluding hydrogens is 500 g/mol. The van der Waals surface area contributed by atoms with Crippen molar-refractivity contribution in [1.29, 1.82) is 0 Å². The molecule has 2 aliphatic heterocycles. The average molecular weight is 535 g/mol. The van der Waals surface area contributed by atoms with Crippen molar-refractivity contribution in [3.63, 3.8) is 0 Å². The standard InChI is InChI=1S/C30H35ClN4O3/c31-26-14-25(34-10-9-33(29(34)37)18-24-3-1-2-7-32-24)5-4-20(26)13-21-6-8-35(28(21)36)27-22-11-19-12-23(27)17-30(38,15-19)16-22/h1-5,7,14,19,21-23,27,38H,6,8-13,15-18H2. The summed E-state index contributed by atoms with van der Waals surface area (Å²) >= 11 is 6.73. The average Bonchev–Trinajstić information content (AvgIpc) is 3.42. The summed E-state index contributed by atoms with van der Waals surface area (Å²) in [6, 6.07) is 11.8. The maximum atomic E-state index is 13.6. The summed E-state index contributed by atoms with van der Waals surface area (Å²) in [5, 5.41) is 11.6. The number of amides is 3. The maximum Gasteiger partial charge on any atom is 0.324 e. The molecule has 3 heterocycles. The Labute approximate surface area is 228 Å². The highest BCUT2D eigenvalue weighted by Crippen LogP contribution is 2.57. The second-order valence-corrected chi connectivity index (χ2v) is 12.8. The van der Waals surface area contributed by atoms with Crippen LogP contribution >= 0.6 is 11.6 Å². The number of aromatic nitrogens is 1. The van der Waals surface area contributed by atoms with Crippen LogP contribution in [0.1, 0.15) is 49.8 Å². The molecule has 1 aromatic carbocycles. The van der Waals surface area contributed by atoms with Crippen molar-refractivity contribution in [1.82, 2.24) is 14.8 Å². The maximum absolute atomic E-state index is 13.6. The van der Waals surface area contributed by atoms with Crippen LogP contribution < -0.4 is 4.90 Å². The summed E-state index contributed by atoms with van der Waals surface area (Å²) in [6.45, 7) is 2.55. The number of nitrogens with zero attached hydrogens (tertiary/aromatic N) is 4. The first-order chi connectivity index (χ1) is 18.4. The highest BCUT2D eigenvalue weighted by molar-refractivity contribution is 6.31. The number of anilines is 1. The molecule has 0 radical (unpaired) electrons. The largest absolute Gasteiger partial charge is 0.390 e. The van der Waals surface area contributed by atoms with Crippen molar-refractivity contribution in [2.75, 3.05) is 24.5 Å². The van der Waals surface area contributed by atoms with Gasteiger partial charge < -0.3 is 14.9 Å². The molecule has 1 aromatic heterocycles. The number of aliphatic hydroxyl groups is 1. The minimum atomic E-state index is -0.476. The van der Waals surface area contributed by atoms with Crippen molar-refractivity contribution in [2.45, 2.75) is 63.1 Å². The molecular formula is C30H35ClN4O3. The molecule has 4 aliphatic carbocycles. The molecule has 7 nitrogen and oxygen atoms in total. The number of hydrogen-bond donors (Lipinski definition) is 1. The van der Waals surface area contributed by atoms with Crippen LogP contribution in [0, 0.1) is 23.7 Å². The summed E-state index contributed by atoms with van der Waals surface area (Å²) in [7, 11) is 0. The molecule has 4 saturated carbocycles. The zero-order chi connectivity index (χ0) is 26.0. The quantitative estimate of drug-likeness (QED) is 0.591. The van der Waals surface area contributed by atoms with Gasteiger partial charge in [-0.15, -0.1) is 0 Å². The number of likely N-dealkylation sites (tertiary alicyclic amines) is 1. The van der Waals surface area contributed by atoms with Crippen molar-refractivity contribution in [2.24, 2.45) is 23.7 Å². The first-order valence-corrected chi connectivity index (χ1v) is 14.5. The summed E-state index contributed by atoms with van der Waals surface area (Å²) < 4.78 is 0. The minimum Gasteiger partial charge on any atom is -0.390 e. The highest BCUT2D eigenvalue weighted by Gasteiger charge is 2.57. The Morgan fingerprint density at radius 2 is 1.84 bits per heavy atom. The number of carbonyl (C=O) groups excluding carboxylic acids is 2. The summed E-state index contributed by atoms with van der Waals surface area (Å²) in [5.41, 5.74) is 2.15. The molecule has 3 atom stereocenters. The smallest absolute Gasteiger partial charge is 0.324 e. The van der Waals surface area contributed by atoms with Gasteiger partial charge in [0.25, 0.3) is 0 Å². The van der Waals surface area contributed by atoms with E-state index in [-0.39, 0.29) is 17.9 Å². The minimum absolute atomic E-state index is 0.0404. The topological polar surface area (TPSA) is 77.0 Å². The molecule has 0 spiro atoms. The van der Waals surface area contributed by atoms with E-state index in [1.165, 1.54) is 12.8 Å². The number of urea groups is 1. The van der Waals surface area contributed by atoms with Crippen LogP contribution in [0.25, 0.3) is 0 Å². The van der Waals surface area contributed by atoms with Crippen LogP contribution in [0.2, 0.25) is 5.02 Å². The van der Waals surface area contributed by atoms with E-state index in [1.54, 1.807) is 16.0 Å². The van der Waals surface area contributed by atoms with Gasteiger partial charge in [0.15, 0.2) is 0 Å². The van der Waals surface area contributed by atoms with Crippen molar-refractivity contribution in [3.8, 4) is 0 Å². The lowest BCUT2D eigenvalue weighted by Crippen LogP contribution is -2.62. The number of carbonyl (C=O) groups is 2. The third-order valence-corrected chi connectivity index (χ3v) is 10.2. The van der Waals surface area contributed by atoms with Crippen LogP contribution in [0.5, 0.6) is 0 Å². The summed E-state index contributed by atoms with van der Waals surface area (Å²) in [5.74, 6) is 1.75. The van der Waals surface area contributed by atoms with E-state index < -0.39 is 5.60 Å². The Hall–Kier alpha value is -2.64.